The number of amides is 3. The van der Waals surface area contributed by atoms with Crippen LogP contribution in [0.2, 0.25) is 0 Å². The molecule has 3 amide bonds. The molecule has 1 atom stereocenters. The van der Waals surface area contributed by atoms with Gasteiger partial charge in [-0.2, -0.15) is 0 Å². The zero-order valence-corrected chi connectivity index (χ0v) is 18.7. The van der Waals surface area contributed by atoms with Crippen LogP contribution in [0.5, 0.6) is 0 Å². The maximum atomic E-state index is 14.2. The van der Waals surface area contributed by atoms with Gasteiger partial charge in [0.25, 0.3) is 5.91 Å². The Morgan fingerprint density at radius 1 is 0.853 bits per heavy atom. The molecular formula is C28H26N2O4. The molecule has 3 aromatic carbocycles. The second-order valence-electron chi connectivity index (χ2n) is 8.34. The van der Waals surface area contributed by atoms with Crippen LogP contribution in [0, 0.1) is 0 Å². The van der Waals surface area contributed by atoms with Crippen molar-refractivity contribution in [1.82, 2.24) is 9.80 Å². The summed E-state index contributed by atoms with van der Waals surface area (Å²) >= 11 is 0. The van der Waals surface area contributed by atoms with Gasteiger partial charge in [0.2, 0.25) is 6.29 Å². The first-order valence-corrected chi connectivity index (χ1v) is 11.4. The third-order valence-electron chi connectivity index (χ3n) is 6.27. The van der Waals surface area contributed by atoms with Gasteiger partial charge >= 0.3 is 6.03 Å². The summed E-state index contributed by atoms with van der Waals surface area (Å²) in [5, 5.41) is 0. The molecule has 1 unspecified atom stereocenters. The summed E-state index contributed by atoms with van der Waals surface area (Å²) in [6, 6.07) is 28.3. The predicted octanol–water partition coefficient (Wildman–Crippen LogP) is 5.02. The summed E-state index contributed by atoms with van der Waals surface area (Å²) in [7, 11) is 0. The quantitative estimate of drug-likeness (QED) is 0.471. The van der Waals surface area contributed by atoms with Crippen LogP contribution < -0.4 is 0 Å². The van der Waals surface area contributed by atoms with E-state index in [1.165, 1.54) is 4.90 Å². The predicted molar refractivity (Wildman–Crippen MR) is 127 cm³/mol. The van der Waals surface area contributed by atoms with E-state index in [1.807, 2.05) is 97.1 Å². The third-order valence-corrected chi connectivity index (χ3v) is 6.27. The van der Waals surface area contributed by atoms with Crippen LogP contribution in [0.3, 0.4) is 0 Å². The Bertz CT molecular complexity index is 1130. The lowest BCUT2D eigenvalue weighted by Gasteiger charge is -2.36. The van der Waals surface area contributed by atoms with Crippen LogP contribution in [-0.4, -0.2) is 34.8 Å². The molecule has 34 heavy (non-hydrogen) atoms. The smallest absolute Gasteiger partial charge is 0.330 e. The number of ether oxygens (including phenoxy) is 2. The molecule has 5 rings (SSSR count). The molecule has 1 fully saturated rings. The van der Waals surface area contributed by atoms with Crippen LogP contribution in [-0.2, 0) is 26.4 Å². The Hall–Kier alpha value is -3.90. The molecule has 6 nitrogen and oxygen atoms in total. The number of allylic oxidation sites excluding steroid dienone is 1. The van der Waals surface area contributed by atoms with E-state index >= 15 is 0 Å². The van der Waals surface area contributed by atoms with Gasteiger partial charge in [-0.3, -0.25) is 9.69 Å². The maximum Gasteiger partial charge on any atom is 0.330 e. The SMILES string of the molecule is O=C1N(COC2CCC=CO2)C(=O)C(c2ccccc2)(c2ccccc2)N1Cc1ccccc1. The van der Waals surface area contributed by atoms with E-state index < -0.39 is 17.9 Å². The van der Waals surface area contributed by atoms with Crippen LogP contribution in [0.1, 0.15) is 29.5 Å². The van der Waals surface area contributed by atoms with Crippen LogP contribution >= 0.6 is 0 Å². The van der Waals surface area contributed by atoms with E-state index in [9.17, 15) is 9.59 Å². The molecular weight excluding hydrogens is 428 g/mol. The van der Waals surface area contributed by atoms with E-state index in [-0.39, 0.29) is 19.2 Å². The molecule has 0 aliphatic carbocycles. The molecule has 3 aromatic rings. The molecule has 2 heterocycles. The molecule has 1 saturated heterocycles. The van der Waals surface area contributed by atoms with Crippen molar-refractivity contribution in [3.8, 4) is 0 Å². The van der Waals surface area contributed by atoms with E-state index in [0.717, 1.165) is 23.1 Å². The first kappa shape index (κ1) is 21.9. The number of hydrogen-bond acceptors (Lipinski definition) is 4. The maximum absolute atomic E-state index is 14.2. The van der Waals surface area contributed by atoms with Crippen molar-refractivity contribution in [3.63, 3.8) is 0 Å². The van der Waals surface area contributed by atoms with Crippen molar-refractivity contribution >= 4 is 11.9 Å². The fraction of sp³-hybridized carbons (Fsp3) is 0.214. The first-order valence-electron chi connectivity index (χ1n) is 11.4. The zero-order chi connectivity index (χ0) is 23.4. The van der Waals surface area contributed by atoms with Gasteiger partial charge in [0, 0.05) is 13.0 Å². The molecule has 6 heteroatoms. The van der Waals surface area contributed by atoms with Crippen molar-refractivity contribution in [2.45, 2.75) is 31.2 Å². The van der Waals surface area contributed by atoms with Gasteiger partial charge in [-0.25, -0.2) is 9.69 Å². The summed E-state index contributed by atoms with van der Waals surface area (Å²) in [5.74, 6) is -0.336. The normalized spacial score (nSPS) is 19.4. The van der Waals surface area contributed by atoms with Gasteiger partial charge in [-0.05, 0) is 29.2 Å². The number of nitrogens with zero attached hydrogens (tertiary/aromatic N) is 2. The van der Waals surface area contributed by atoms with Gasteiger partial charge in [-0.1, -0.05) is 91.0 Å². The number of benzene rings is 3. The fourth-order valence-corrected chi connectivity index (χ4v) is 4.63. The summed E-state index contributed by atoms with van der Waals surface area (Å²) in [6.45, 7) is 0.0945. The molecule has 0 radical (unpaired) electrons. The molecule has 0 N–H and O–H groups in total. The van der Waals surface area contributed by atoms with E-state index in [2.05, 4.69) is 0 Å². The monoisotopic (exact) mass is 454 g/mol. The molecule has 2 aliphatic rings. The van der Waals surface area contributed by atoms with Gasteiger partial charge in [0.1, 0.15) is 6.73 Å². The van der Waals surface area contributed by atoms with Crippen LogP contribution in [0.25, 0.3) is 0 Å². The second-order valence-corrected chi connectivity index (χ2v) is 8.34. The van der Waals surface area contributed by atoms with Crippen LogP contribution in [0.15, 0.2) is 103 Å². The zero-order valence-electron chi connectivity index (χ0n) is 18.7. The number of urea groups is 1. The summed E-state index contributed by atoms with van der Waals surface area (Å²) in [4.78, 5) is 30.9. The molecule has 172 valence electrons. The Kier molecular flexibility index (Phi) is 6.14. The lowest BCUT2D eigenvalue weighted by Crippen LogP contribution is -2.47. The number of imide groups is 1. The van der Waals surface area contributed by atoms with E-state index in [0.29, 0.717) is 6.42 Å². The Labute approximate surface area is 199 Å². The topological polar surface area (TPSA) is 59.1 Å². The Morgan fingerprint density at radius 3 is 2.00 bits per heavy atom. The molecule has 0 saturated carbocycles. The Morgan fingerprint density at radius 2 is 1.44 bits per heavy atom. The molecule has 0 bridgehead atoms. The number of carbonyl (C=O) groups is 2. The summed E-state index contributed by atoms with van der Waals surface area (Å²) in [5.41, 5.74) is 1.08. The highest BCUT2D eigenvalue weighted by atomic mass is 16.7. The van der Waals surface area contributed by atoms with Crippen molar-refractivity contribution < 1.29 is 19.1 Å². The highest BCUT2D eigenvalue weighted by Gasteiger charge is 2.59. The number of rotatable bonds is 7. The van der Waals surface area contributed by atoms with Crippen LogP contribution in [0.4, 0.5) is 4.79 Å². The number of hydrogen-bond donors (Lipinski definition) is 0. The third kappa shape index (κ3) is 3.86. The van der Waals surface area contributed by atoms with Crippen molar-refractivity contribution in [1.29, 1.82) is 0 Å². The number of carbonyl (C=O) groups excluding carboxylic acids is 2. The molecule has 0 spiro atoms. The van der Waals surface area contributed by atoms with Crippen molar-refractivity contribution in [3.05, 3.63) is 120 Å². The minimum Gasteiger partial charge on any atom is -0.473 e. The molecule has 0 aromatic heterocycles. The summed E-state index contributed by atoms with van der Waals surface area (Å²) in [6.07, 6.45) is 4.52. The highest BCUT2D eigenvalue weighted by molar-refractivity contribution is 6.09. The second kappa shape index (κ2) is 9.53. The van der Waals surface area contributed by atoms with Gasteiger partial charge in [0.15, 0.2) is 5.54 Å². The molecule has 2 aliphatic heterocycles. The highest BCUT2D eigenvalue weighted by Crippen LogP contribution is 2.44. The van der Waals surface area contributed by atoms with E-state index in [4.69, 9.17) is 9.47 Å². The lowest BCUT2D eigenvalue weighted by atomic mass is 9.81. The first-order chi connectivity index (χ1) is 16.7. The van der Waals surface area contributed by atoms with Crippen molar-refractivity contribution in [2.75, 3.05) is 6.73 Å². The minimum atomic E-state index is -1.31. The standard InChI is InChI=1S/C28H26N2O4/c31-26-28(23-14-6-2-7-15-23,24-16-8-3-9-17-24)30(20-22-12-4-1-5-13-22)27(32)29(26)21-34-25-18-10-11-19-33-25/h1-9,11-17,19,25H,10,18,20-21H2. The average Bonchev–Trinajstić information content (AvgIpc) is 3.11. The van der Waals surface area contributed by atoms with Crippen molar-refractivity contribution in [2.24, 2.45) is 0 Å². The fourth-order valence-electron chi connectivity index (χ4n) is 4.63. The van der Waals surface area contributed by atoms with Gasteiger partial charge in [0.05, 0.1) is 6.26 Å². The minimum absolute atomic E-state index is 0.178. The Balaban J connectivity index is 1.60. The largest absolute Gasteiger partial charge is 0.473 e. The summed E-state index contributed by atoms with van der Waals surface area (Å²) < 4.78 is 11.3. The van der Waals surface area contributed by atoms with Gasteiger partial charge in [-0.15, -0.1) is 0 Å². The van der Waals surface area contributed by atoms with E-state index in [1.54, 1.807) is 11.2 Å². The average molecular weight is 455 g/mol. The van der Waals surface area contributed by atoms with Gasteiger partial charge < -0.3 is 9.47 Å². The lowest BCUT2D eigenvalue weighted by molar-refractivity contribution is -0.153.